The average molecular weight is 392 g/mol. The average Bonchev–Trinajstić information content (AvgIpc) is 3.31. The lowest BCUT2D eigenvalue weighted by Gasteiger charge is -2.31. The number of hydrogen-bond donors (Lipinski definition) is 1. The molecule has 7 heteroatoms. The van der Waals surface area contributed by atoms with Crippen LogP contribution < -0.4 is 9.64 Å². The van der Waals surface area contributed by atoms with Crippen LogP contribution in [0, 0.1) is 0 Å². The van der Waals surface area contributed by atoms with Gasteiger partial charge in [-0.2, -0.15) is 5.10 Å². The largest absolute Gasteiger partial charge is 0.497 e. The van der Waals surface area contributed by atoms with E-state index in [1.807, 2.05) is 54.7 Å². The fourth-order valence-corrected chi connectivity index (χ4v) is 3.02. The molecule has 3 rings (SSSR count). The number of methoxy groups -OCH3 is 1. The van der Waals surface area contributed by atoms with E-state index >= 15 is 0 Å². The van der Waals surface area contributed by atoms with E-state index in [0.717, 1.165) is 28.7 Å². The third kappa shape index (κ3) is 4.63. The predicted octanol–water partition coefficient (Wildman–Crippen LogP) is 3.73. The molecular weight excluding hydrogens is 368 g/mol. The van der Waals surface area contributed by atoms with Crippen molar-refractivity contribution in [3.63, 3.8) is 0 Å². The maximum absolute atomic E-state index is 13.2. The van der Waals surface area contributed by atoms with Crippen molar-refractivity contribution >= 4 is 18.0 Å². The van der Waals surface area contributed by atoms with Crippen LogP contribution in [0.15, 0.2) is 60.9 Å². The Morgan fingerprint density at radius 3 is 2.59 bits per heavy atom. The van der Waals surface area contributed by atoms with E-state index < -0.39 is 6.04 Å². The number of ether oxygens (including phenoxy) is 1. The number of aromatic nitrogens is 2. The predicted molar refractivity (Wildman–Crippen MR) is 112 cm³/mol. The second-order valence-electron chi connectivity index (χ2n) is 6.73. The highest BCUT2D eigenvalue weighted by Crippen LogP contribution is 2.23. The molecular formula is C22H24N4O3. The molecule has 0 aliphatic heterocycles. The van der Waals surface area contributed by atoms with Crippen molar-refractivity contribution < 1.29 is 14.3 Å². The van der Waals surface area contributed by atoms with Gasteiger partial charge in [0.05, 0.1) is 19.3 Å². The first-order valence-electron chi connectivity index (χ1n) is 9.25. The van der Waals surface area contributed by atoms with Crippen molar-refractivity contribution in [3.8, 4) is 16.9 Å². The summed E-state index contributed by atoms with van der Waals surface area (Å²) in [5, 5.41) is 6.74. The number of rotatable bonds is 7. The van der Waals surface area contributed by atoms with E-state index in [-0.39, 0.29) is 6.03 Å². The fourth-order valence-electron chi connectivity index (χ4n) is 3.02. The molecule has 1 N–H and O–H groups in total. The molecule has 150 valence electrons. The number of aldehydes is 1. The lowest BCUT2D eigenvalue weighted by atomic mass is 10.1. The Morgan fingerprint density at radius 1 is 1.21 bits per heavy atom. The van der Waals surface area contributed by atoms with Gasteiger partial charge in [0.2, 0.25) is 0 Å². The zero-order valence-electron chi connectivity index (χ0n) is 16.7. The van der Waals surface area contributed by atoms with Crippen LogP contribution in [0.1, 0.15) is 12.5 Å². The molecule has 0 aliphatic carbocycles. The first-order chi connectivity index (χ1) is 14.0. The summed E-state index contributed by atoms with van der Waals surface area (Å²) in [6.07, 6.45) is 4.32. The molecule has 29 heavy (non-hydrogen) atoms. The Kier molecular flexibility index (Phi) is 6.29. The van der Waals surface area contributed by atoms with Crippen LogP contribution in [-0.2, 0) is 11.3 Å². The molecule has 0 saturated heterocycles. The van der Waals surface area contributed by atoms with Crippen molar-refractivity contribution in [3.05, 3.63) is 66.5 Å². The summed E-state index contributed by atoms with van der Waals surface area (Å²) in [6.45, 7) is 2.01. The zero-order chi connectivity index (χ0) is 20.8. The molecule has 0 bridgehead atoms. The van der Waals surface area contributed by atoms with Crippen LogP contribution in [0.2, 0.25) is 0 Å². The number of carbonyl (C=O) groups is 2. The maximum Gasteiger partial charge on any atom is 0.325 e. The van der Waals surface area contributed by atoms with Gasteiger partial charge in [-0.1, -0.05) is 24.3 Å². The molecule has 1 atom stereocenters. The smallest absolute Gasteiger partial charge is 0.325 e. The van der Waals surface area contributed by atoms with E-state index in [1.165, 1.54) is 4.90 Å². The molecule has 7 nitrogen and oxygen atoms in total. The Hall–Kier alpha value is -3.61. The number of amides is 2. The lowest BCUT2D eigenvalue weighted by Crippen LogP contribution is -2.46. The van der Waals surface area contributed by atoms with E-state index in [9.17, 15) is 9.59 Å². The Labute approximate surface area is 169 Å². The van der Waals surface area contributed by atoms with Crippen molar-refractivity contribution in [1.82, 2.24) is 15.1 Å². The minimum Gasteiger partial charge on any atom is -0.497 e. The van der Waals surface area contributed by atoms with Gasteiger partial charge in [-0.05, 0) is 42.3 Å². The van der Waals surface area contributed by atoms with Crippen molar-refractivity contribution in [2.45, 2.75) is 19.5 Å². The minimum absolute atomic E-state index is 0.261. The Bertz CT molecular complexity index is 954. The Balaban J connectivity index is 1.80. The summed E-state index contributed by atoms with van der Waals surface area (Å²) in [5.74, 6) is 0.705. The summed E-state index contributed by atoms with van der Waals surface area (Å²) in [5.41, 5.74) is 3.59. The number of urea groups is 1. The molecule has 0 fully saturated rings. The minimum atomic E-state index is -0.568. The summed E-state index contributed by atoms with van der Waals surface area (Å²) in [6, 6.07) is 14.2. The number of nitrogens with zero attached hydrogens (tertiary/aromatic N) is 3. The molecule has 0 radical (unpaired) electrons. The molecule has 0 saturated carbocycles. The van der Waals surface area contributed by atoms with Crippen molar-refractivity contribution in [1.29, 1.82) is 0 Å². The summed E-state index contributed by atoms with van der Waals surface area (Å²) >= 11 is 0. The highest BCUT2D eigenvalue weighted by Gasteiger charge is 2.24. The number of nitrogens with one attached hydrogen (secondary N) is 1. The van der Waals surface area contributed by atoms with Gasteiger partial charge in [-0.3, -0.25) is 10.00 Å². The van der Waals surface area contributed by atoms with Crippen LogP contribution in [0.5, 0.6) is 5.75 Å². The molecule has 3 aromatic rings. The van der Waals surface area contributed by atoms with Crippen LogP contribution in [0.25, 0.3) is 11.1 Å². The standard InChI is InChI=1S/C22H24N4O3/c1-16(15-27)26(14-17-5-4-6-21(11-17)29-3)22(28)25(2)20-9-7-18(8-10-20)19-12-23-24-13-19/h4-13,15-16H,14H2,1-3H3,(H,23,24). The van der Waals surface area contributed by atoms with Gasteiger partial charge in [-0.25, -0.2) is 4.79 Å². The number of anilines is 1. The van der Waals surface area contributed by atoms with Gasteiger partial charge in [0, 0.05) is 31.0 Å². The van der Waals surface area contributed by atoms with Gasteiger partial charge in [0.1, 0.15) is 12.0 Å². The summed E-state index contributed by atoms with van der Waals surface area (Å²) in [4.78, 5) is 27.7. The maximum atomic E-state index is 13.2. The van der Waals surface area contributed by atoms with Gasteiger partial charge in [0.25, 0.3) is 0 Å². The van der Waals surface area contributed by atoms with E-state index in [0.29, 0.717) is 12.3 Å². The van der Waals surface area contributed by atoms with E-state index in [1.54, 1.807) is 32.2 Å². The lowest BCUT2D eigenvalue weighted by molar-refractivity contribution is -0.111. The molecule has 1 heterocycles. The molecule has 1 aromatic heterocycles. The van der Waals surface area contributed by atoms with Gasteiger partial charge in [0.15, 0.2) is 0 Å². The van der Waals surface area contributed by atoms with Crippen molar-refractivity contribution in [2.75, 3.05) is 19.1 Å². The van der Waals surface area contributed by atoms with Gasteiger partial charge < -0.3 is 14.4 Å². The van der Waals surface area contributed by atoms with E-state index in [2.05, 4.69) is 10.2 Å². The summed E-state index contributed by atoms with van der Waals surface area (Å²) in [7, 11) is 3.29. The fraction of sp³-hybridized carbons (Fsp3) is 0.227. The molecule has 2 aromatic carbocycles. The number of hydrogen-bond acceptors (Lipinski definition) is 4. The molecule has 0 spiro atoms. The Morgan fingerprint density at radius 2 is 1.97 bits per heavy atom. The van der Waals surface area contributed by atoms with Crippen LogP contribution in [-0.4, -0.2) is 47.6 Å². The van der Waals surface area contributed by atoms with Crippen LogP contribution >= 0.6 is 0 Å². The van der Waals surface area contributed by atoms with Gasteiger partial charge >= 0.3 is 6.03 Å². The highest BCUT2D eigenvalue weighted by molar-refractivity contribution is 5.93. The second-order valence-corrected chi connectivity index (χ2v) is 6.73. The molecule has 0 aliphatic rings. The molecule has 1 unspecified atom stereocenters. The third-order valence-electron chi connectivity index (χ3n) is 4.79. The second kappa shape index (κ2) is 9.05. The van der Waals surface area contributed by atoms with Crippen LogP contribution in [0.4, 0.5) is 10.5 Å². The van der Waals surface area contributed by atoms with Crippen molar-refractivity contribution in [2.24, 2.45) is 0 Å². The number of carbonyl (C=O) groups excluding carboxylic acids is 2. The third-order valence-corrected chi connectivity index (χ3v) is 4.79. The topological polar surface area (TPSA) is 78.5 Å². The number of aromatic amines is 1. The number of H-pyrrole nitrogens is 1. The first-order valence-corrected chi connectivity index (χ1v) is 9.25. The number of benzene rings is 2. The first kappa shape index (κ1) is 20.1. The zero-order valence-corrected chi connectivity index (χ0v) is 16.7. The molecule has 2 amide bonds. The van der Waals surface area contributed by atoms with Crippen LogP contribution in [0.3, 0.4) is 0 Å². The summed E-state index contributed by atoms with van der Waals surface area (Å²) < 4.78 is 5.25. The normalized spacial score (nSPS) is 11.6. The van der Waals surface area contributed by atoms with E-state index in [4.69, 9.17) is 4.74 Å². The highest BCUT2D eigenvalue weighted by atomic mass is 16.5. The SMILES string of the molecule is COc1cccc(CN(C(=O)N(C)c2ccc(-c3cn[nH]c3)cc2)C(C)C=O)c1. The quantitative estimate of drug-likeness (QED) is 0.622. The van der Waals surface area contributed by atoms with Gasteiger partial charge in [-0.15, -0.1) is 0 Å². The monoisotopic (exact) mass is 392 g/mol.